The summed E-state index contributed by atoms with van der Waals surface area (Å²) in [6.07, 6.45) is 9.43. The molecule has 0 saturated heterocycles. The molecule has 0 spiro atoms. The van der Waals surface area contributed by atoms with Gasteiger partial charge in [0, 0.05) is 18.4 Å². The highest BCUT2D eigenvalue weighted by molar-refractivity contribution is 7.99. The number of aryl methyl sites for hydroxylation is 1. The van der Waals surface area contributed by atoms with Crippen LogP contribution in [0.25, 0.3) is 0 Å². The smallest absolute Gasteiger partial charge is 0.313 e. The molecule has 1 heterocycles. The Kier molecular flexibility index (Phi) is 6.15. The zero-order valence-electron chi connectivity index (χ0n) is 13.0. The Morgan fingerprint density at radius 1 is 1.33 bits per heavy atom. The van der Waals surface area contributed by atoms with Gasteiger partial charge in [0.1, 0.15) is 0 Å². The molecule has 21 heavy (non-hydrogen) atoms. The van der Waals surface area contributed by atoms with E-state index in [1.54, 1.807) is 0 Å². The Labute approximate surface area is 131 Å². The second kappa shape index (κ2) is 7.87. The number of hydrogen-bond donors (Lipinski definition) is 1. The molecule has 5 heteroatoms. The van der Waals surface area contributed by atoms with Crippen molar-refractivity contribution in [1.29, 1.82) is 0 Å². The van der Waals surface area contributed by atoms with Gasteiger partial charge in [-0.3, -0.25) is 4.79 Å². The van der Waals surface area contributed by atoms with Gasteiger partial charge >= 0.3 is 5.97 Å². The highest BCUT2D eigenvalue weighted by atomic mass is 32.2. The van der Waals surface area contributed by atoms with E-state index in [-0.39, 0.29) is 5.75 Å². The zero-order valence-corrected chi connectivity index (χ0v) is 13.9. The Hall–Kier alpha value is -0.970. The lowest BCUT2D eigenvalue weighted by atomic mass is 9.81. The van der Waals surface area contributed by atoms with Crippen molar-refractivity contribution < 1.29 is 9.90 Å². The Balaban J connectivity index is 2.00. The molecule has 0 aliphatic heterocycles. The summed E-state index contributed by atoms with van der Waals surface area (Å²) in [6, 6.07) is 0. The fourth-order valence-electron chi connectivity index (χ4n) is 3.19. The predicted octanol–water partition coefficient (Wildman–Crippen LogP) is 3.84. The molecule has 1 aliphatic rings. The lowest BCUT2D eigenvalue weighted by Gasteiger charge is -2.28. The first kappa shape index (κ1) is 16.4. The SMILES string of the molecule is CCc1cnc(SCC(=O)O)n1CC1CCC(CC)CC1. The standard InChI is InChI=1S/C16H26N2O2S/c1-3-12-5-7-13(8-6-12)10-18-14(4-2)9-17-16(18)21-11-15(19)20/h9,12-13H,3-8,10-11H2,1-2H3,(H,19,20). The Morgan fingerprint density at radius 3 is 2.57 bits per heavy atom. The van der Waals surface area contributed by atoms with Gasteiger partial charge in [0.2, 0.25) is 0 Å². The van der Waals surface area contributed by atoms with Crippen LogP contribution in [-0.4, -0.2) is 26.4 Å². The van der Waals surface area contributed by atoms with E-state index < -0.39 is 5.97 Å². The van der Waals surface area contributed by atoms with Crippen LogP contribution in [0.1, 0.15) is 51.6 Å². The van der Waals surface area contributed by atoms with Crippen LogP contribution in [0.3, 0.4) is 0 Å². The molecular formula is C16H26N2O2S. The average Bonchev–Trinajstić information content (AvgIpc) is 2.88. The third-order valence-corrected chi connectivity index (χ3v) is 5.55. The highest BCUT2D eigenvalue weighted by Gasteiger charge is 2.22. The maximum Gasteiger partial charge on any atom is 0.313 e. The summed E-state index contributed by atoms with van der Waals surface area (Å²) in [5, 5.41) is 9.72. The average molecular weight is 310 g/mol. The van der Waals surface area contributed by atoms with Gasteiger partial charge < -0.3 is 9.67 Å². The summed E-state index contributed by atoms with van der Waals surface area (Å²) in [6.45, 7) is 5.42. The molecule has 0 amide bonds. The van der Waals surface area contributed by atoms with E-state index in [9.17, 15) is 4.79 Å². The first-order chi connectivity index (χ1) is 10.1. The van der Waals surface area contributed by atoms with Crippen molar-refractivity contribution in [2.75, 3.05) is 5.75 Å². The van der Waals surface area contributed by atoms with E-state index in [4.69, 9.17) is 5.11 Å². The lowest BCUT2D eigenvalue weighted by molar-refractivity contribution is -0.133. The van der Waals surface area contributed by atoms with Crippen LogP contribution >= 0.6 is 11.8 Å². The van der Waals surface area contributed by atoms with Gasteiger partial charge in [0.25, 0.3) is 0 Å². The van der Waals surface area contributed by atoms with Crippen molar-refractivity contribution >= 4 is 17.7 Å². The molecule has 0 atom stereocenters. The topological polar surface area (TPSA) is 55.1 Å². The van der Waals surface area contributed by atoms with Crippen LogP contribution in [0.15, 0.2) is 11.4 Å². The third kappa shape index (κ3) is 4.50. The summed E-state index contributed by atoms with van der Waals surface area (Å²) in [5.41, 5.74) is 1.22. The molecule has 1 aliphatic carbocycles. The molecule has 118 valence electrons. The summed E-state index contributed by atoms with van der Waals surface area (Å²) >= 11 is 1.34. The van der Waals surface area contributed by atoms with E-state index in [0.717, 1.165) is 30.0 Å². The van der Waals surface area contributed by atoms with Gasteiger partial charge in [0.15, 0.2) is 5.16 Å². The minimum absolute atomic E-state index is 0.0861. The van der Waals surface area contributed by atoms with Crippen molar-refractivity contribution in [3.8, 4) is 0 Å². The molecule has 1 aromatic rings. The molecule has 1 saturated carbocycles. The fraction of sp³-hybridized carbons (Fsp3) is 0.750. The molecule has 2 rings (SSSR count). The largest absolute Gasteiger partial charge is 0.481 e. The van der Waals surface area contributed by atoms with E-state index >= 15 is 0 Å². The van der Waals surface area contributed by atoms with Crippen molar-refractivity contribution in [1.82, 2.24) is 9.55 Å². The van der Waals surface area contributed by atoms with E-state index in [1.807, 2.05) is 6.20 Å². The molecule has 1 fully saturated rings. The number of nitrogens with zero attached hydrogens (tertiary/aromatic N) is 2. The number of imidazole rings is 1. The number of rotatable bonds is 7. The van der Waals surface area contributed by atoms with Crippen LogP contribution in [0.5, 0.6) is 0 Å². The van der Waals surface area contributed by atoms with Gasteiger partial charge in [-0.25, -0.2) is 4.98 Å². The molecular weight excluding hydrogens is 284 g/mol. The number of aromatic nitrogens is 2. The number of thioether (sulfide) groups is 1. The van der Waals surface area contributed by atoms with E-state index in [2.05, 4.69) is 23.4 Å². The second-order valence-corrected chi connectivity index (χ2v) is 6.92. The predicted molar refractivity (Wildman–Crippen MR) is 85.7 cm³/mol. The van der Waals surface area contributed by atoms with Gasteiger partial charge in [-0.15, -0.1) is 0 Å². The van der Waals surface area contributed by atoms with Crippen molar-refractivity contribution in [3.05, 3.63) is 11.9 Å². The maximum absolute atomic E-state index is 10.8. The van der Waals surface area contributed by atoms with Crippen LogP contribution in [0.2, 0.25) is 0 Å². The lowest BCUT2D eigenvalue weighted by Crippen LogP contribution is -2.20. The Bertz CT molecular complexity index is 465. The second-order valence-electron chi connectivity index (χ2n) is 5.97. The number of hydrogen-bond acceptors (Lipinski definition) is 3. The quantitative estimate of drug-likeness (QED) is 0.777. The van der Waals surface area contributed by atoms with Gasteiger partial charge in [0.05, 0.1) is 5.75 Å². The molecule has 0 aromatic carbocycles. The highest BCUT2D eigenvalue weighted by Crippen LogP contribution is 2.32. The first-order valence-electron chi connectivity index (χ1n) is 8.03. The minimum Gasteiger partial charge on any atom is -0.481 e. The monoisotopic (exact) mass is 310 g/mol. The van der Waals surface area contributed by atoms with E-state index in [1.165, 1.54) is 49.6 Å². The summed E-state index contributed by atoms with van der Waals surface area (Å²) in [7, 11) is 0. The van der Waals surface area contributed by atoms with Gasteiger partial charge in [-0.05, 0) is 31.1 Å². The zero-order chi connectivity index (χ0) is 15.2. The molecule has 0 unspecified atom stereocenters. The van der Waals surface area contributed by atoms with Crippen molar-refractivity contribution in [3.63, 3.8) is 0 Å². The number of aliphatic carboxylic acids is 1. The van der Waals surface area contributed by atoms with Gasteiger partial charge in [-0.2, -0.15) is 0 Å². The van der Waals surface area contributed by atoms with Crippen LogP contribution < -0.4 is 0 Å². The maximum atomic E-state index is 10.8. The first-order valence-corrected chi connectivity index (χ1v) is 9.01. The van der Waals surface area contributed by atoms with Gasteiger partial charge in [-0.1, -0.05) is 44.9 Å². The van der Waals surface area contributed by atoms with Crippen LogP contribution in [0, 0.1) is 11.8 Å². The van der Waals surface area contributed by atoms with E-state index in [0.29, 0.717) is 0 Å². The molecule has 0 radical (unpaired) electrons. The molecule has 1 aromatic heterocycles. The normalized spacial score (nSPS) is 22.4. The summed E-state index contributed by atoms with van der Waals surface area (Å²) in [4.78, 5) is 15.2. The number of carboxylic acids is 1. The Morgan fingerprint density at radius 2 is 2.00 bits per heavy atom. The van der Waals surface area contributed by atoms with Crippen molar-refractivity contribution in [2.24, 2.45) is 11.8 Å². The molecule has 4 nitrogen and oxygen atoms in total. The third-order valence-electron chi connectivity index (χ3n) is 4.57. The summed E-state index contributed by atoms with van der Waals surface area (Å²) in [5.74, 6) is 0.936. The van der Waals surface area contributed by atoms with Crippen molar-refractivity contribution in [2.45, 2.75) is 64.1 Å². The van der Waals surface area contributed by atoms with Crippen LogP contribution in [0.4, 0.5) is 0 Å². The minimum atomic E-state index is -0.781. The summed E-state index contributed by atoms with van der Waals surface area (Å²) < 4.78 is 2.25. The molecule has 1 N–H and O–H groups in total. The molecule has 0 bridgehead atoms. The number of carboxylic acid groups (broad SMARTS) is 1. The van der Waals surface area contributed by atoms with Crippen LogP contribution in [-0.2, 0) is 17.8 Å². The fourth-order valence-corrected chi connectivity index (χ4v) is 3.92. The number of carbonyl (C=O) groups is 1.